The minimum atomic E-state index is -0.972. The number of carbonyl (C=O) groups excluding carboxylic acids is 1. The number of aryl methyl sites for hydroxylation is 1. The summed E-state index contributed by atoms with van der Waals surface area (Å²) in [6.45, 7) is 0.924. The molecular formula is C14H12F2N2O. The van der Waals surface area contributed by atoms with Gasteiger partial charge < -0.3 is 9.88 Å². The summed E-state index contributed by atoms with van der Waals surface area (Å²) < 4.78 is 27.9. The zero-order chi connectivity index (χ0) is 13.4. The molecule has 3 rings (SSSR count). The number of rotatable bonds is 2. The minimum absolute atomic E-state index is 0.252. The smallest absolute Gasteiger partial charge is 0.257 e. The van der Waals surface area contributed by atoms with E-state index >= 15 is 0 Å². The van der Waals surface area contributed by atoms with E-state index in [1.807, 2.05) is 10.8 Å². The molecule has 0 fully saturated rings. The normalized spacial score (nSPS) is 13.4. The standard InChI is InChI=1S/C14H12F2N2O/c15-11-4-3-9(8-12(11)16)17-14(19)10-5-7-18-6-1-2-13(10)18/h3-5,7-8H,1-2,6H2,(H,17,19). The summed E-state index contributed by atoms with van der Waals surface area (Å²) in [5.74, 6) is -2.19. The van der Waals surface area contributed by atoms with Gasteiger partial charge in [0.05, 0.1) is 5.56 Å². The number of anilines is 1. The lowest BCUT2D eigenvalue weighted by atomic mass is 10.1. The van der Waals surface area contributed by atoms with Crippen LogP contribution in [0.1, 0.15) is 22.5 Å². The highest BCUT2D eigenvalue weighted by Gasteiger charge is 2.19. The number of fused-ring (bicyclic) bond motifs is 1. The van der Waals surface area contributed by atoms with Crippen LogP contribution in [0.5, 0.6) is 0 Å². The molecule has 0 atom stereocenters. The molecule has 1 amide bonds. The molecule has 0 saturated heterocycles. The van der Waals surface area contributed by atoms with Crippen molar-refractivity contribution in [3.63, 3.8) is 0 Å². The van der Waals surface area contributed by atoms with Gasteiger partial charge in [-0.1, -0.05) is 0 Å². The Morgan fingerprint density at radius 1 is 1.21 bits per heavy atom. The molecule has 0 radical (unpaired) electrons. The van der Waals surface area contributed by atoms with Gasteiger partial charge >= 0.3 is 0 Å². The predicted molar refractivity (Wildman–Crippen MR) is 67.1 cm³/mol. The second-order valence-electron chi connectivity index (χ2n) is 4.56. The molecule has 1 aromatic carbocycles. The van der Waals surface area contributed by atoms with Gasteiger partial charge in [0, 0.05) is 30.2 Å². The van der Waals surface area contributed by atoms with Gasteiger partial charge in [0.15, 0.2) is 11.6 Å². The number of carbonyl (C=O) groups is 1. The van der Waals surface area contributed by atoms with Gasteiger partial charge in [-0.15, -0.1) is 0 Å². The summed E-state index contributed by atoms with van der Waals surface area (Å²) in [5.41, 5.74) is 1.85. The lowest BCUT2D eigenvalue weighted by Gasteiger charge is -2.06. The van der Waals surface area contributed by atoms with E-state index in [2.05, 4.69) is 5.32 Å². The van der Waals surface area contributed by atoms with Crippen LogP contribution in [0.25, 0.3) is 0 Å². The zero-order valence-electron chi connectivity index (χ0n) is 10.1. The maximum atomic E-state index is 13.1. The molecule has 5 heteroatoms. The molecule has 1 aliphatic heterocycles. The second kappa shape index (κ2) is 4.50. The predicted octanol–water partition coefficient (Wildman–Crippen LogP) is 2.96. The monoisotopic (exact) mass is 262 g/mol. The third-order valence-corrected chi connectivity index (χ3v) is 3.31. The quantitative estimate of drug-likeness (QED) is 0.887. The van der Waals surface area contributed by atoms with E-state index in [1.165, 1.54) is 6.07 Å². The molecule has 1 aliphatic rings. The molecule has 1 N–H and O–H groups in total. The highest BCUT2D eigenvalue weighted by molar-refractivity contribution is 6.05. The van der Waals surface area contributed by atoms with Gasteiger partial charge in [-0.05, 0) is 31.0 Å². The first-order valence-electron chi connectivity index (χ1n) is 6.09. The summed E-state index contributed by atoms with van der Waals surface area (Å²) in [4.78, 5) is 12.1. The van der Waals surface area contributed by atoms with Crippen molar-refractivity contribution in [2.24, 2.45) is 0 Å². The van der Waals surface area contributed by atoms with Crippen molar-refractivity contribution < 1.29 is 13.6 Å². The molecule has 0 unspecified atom stereocenters. The van der Waals surface area contributed by atoms with Crippen LogP contribution in [0.15, 0.2) is 30.5 Å². The molecule has 2 aromatic rings. The number of nitrogens with zero attached hydrogens (tertiary/aromatic N) is 1. The first-order chi connectivity index (χ1) is 9.15. The van der Waals surface area contributed by atoms with E-state index in [4.69, 9.17) is 0 Å². The second-order valence-corrected chi connectivity index (χ2v) is 4.56. The van der Waals surface area contributed by atoms with E-state index in [9.17, 15) is 13.6 Å². The molecule has 98 valence electrons. The zero-order valence-corrected chi connectivity index (χ0v) is 10.1. The molecule has 0 aliphatic carbocycles. The molecule has 19 heavy (non-hydrogen) atoms. The lowest BCUT2D eigenvalue weighted by Crippen LogP contribution is -2.13. The topological polar surface area (TPSA) is 34.0 Å². The van der Waals surface area contributed by atoms with E-state index in [1.54, 1.807) is 6.07 Å². The summed E-state index contributed by atoms with van der Waals surface area (Å²) in [7, 11) is 0. The third-order valence-electron chi connectivity index (χ3n) is 3.31. The SMILES string of the molecule is O=C(Nc1ccc(F)c(F)c1)c1ccn2c1CCC2. The minimum Gasteiger partial charge on any atom is -0.351 e. The number of amides is 1. The van der Waals surface area contributed by atoms with Crippen LogP contribution in [0.4, 0.5) is 14.5 Å². The van der Waals surface area contributed by atoms with Gasteiger partial charge in [0.25, 0.3) is 5.91 Å². The summed E-state index contributed by atoms with van der Waals surface area (Å²) in [6.07, 6.45) is 3.78. The van der Waals surface area contributed by atoms with Crippen molar-refractivity contribution >= 4 is 11.6 Å². The van der Waals surface area contributed by atoms with Gasteiger partial charge in [0.1, 0.15) is 0 Å². The summed E-state index contributed by atoms with van der Waals surface area (Å²) in [6, 6.07) is 5.06. The van der Waals surface area contributed by atoms with Crippen LogP contribution >= 0.6 is 0 Å². The van der Waals surface area contributed by atoms with Crippen LogP contribution in [0, 0.1) is 11.6 Å². The molecule has 0 bridgehead atoms. The summed E-state index contributed by atoms with van der Waals surface area (Å²) in [5, 5.41) is 2.58. The van der Waals surface area contributed by atoms with Crippen LogP contribution < -0.4 is 5.32 Å². The Morgan fingerprint density at radius 2 is 2.05 bits per heavy atom. The van der Waals surface area contributed by atoms with Crippen molar-refractivity contribution in [3.05, 3.63) is 53.4 Å². The number of aromatic nitrogens is 1. The van der Waals surface area contributed by atoms with Crippen LogP contribution in [-0.4, -0.2) is 10.5 Å². The highest BCUT2D eigenvalue weighted by atomic mass is 19.2. The largest absolute Gasteiger partial charge is 0.351 e. The van der Waals surface area contributed by atoms with Crippen LogP contribution in [0.3, 0.4) is 0 Å². The Kier molecular flexibility index (Phi) is 2.81. The fraction of sp³-hybridized carbons (Fsp3) is 0.214. The van der Waals surface area contributed by atoms with Crippen LogP contribution in [-0.2, 0) is 13.0 Å². The number of hydrogen-bond donors (Lipinski definition) is 1. The van der Waals surface area contributed by atoms with E-state index in [-0.39, 0.29) is 11.6 Å². The van der Waals surface area contributed by atoms with Gasteiger partial charge in [-0.3, -0.25) is 4.79 Å². The maximum absolute atomic E-state index is 13.1. The van der Waals surface area contributed by atoms with Gasteiger partial charge in [-0.2, -0.15) is 0 Å². The van der Waals surface area contributed by atoms with E-state index < -0.39 is 11.6 Å². The Labute approximate surface area is 108 Å². The van der Waals surface area contributed by atoms with Crippen molar-refractivity contribution in [1.82, 2.24) is 4.57 Å². The molecule has 0 spiro atoms. The Hall–Kier alpha value is -2.17. The van der Waals surface area contributed by atoms with E-state index in [0.29, 0.717) is 5.56 Å². The van der Waals surface area contributed by atoms with Gasteiger partial charge in [0.2, 0.25) is 0 Å². The maximum Gasteiger partial charge on any atom is 0.257 e. The first-order valence-corrected chi connectivity index (χ1v) is 6.09. The number of benzene rings is 1. The van der Waals surface area contributed by atoms with Crippen molar-refractivity contribution in [2.75, 3.05) is 5.32 Å². The first kappa shape index (κ1) is 11.9. The molecule has 2 heterocycles. The molecule has 3 nitrogen and oxygen atoms in total. The number of halogens is 2. The molecule has 1 aromatic heterocycles. The summed E-state index contributed by atoms with van der Waals surface area (Å²) >= 11 is 0. The molecule has 0 saturated carbocycles. The average Bonchev–Trinajstić information content (AvgIpc) is 2.95. The molecular weight excluding hydrogens is 250 g/mol. The Morgan fingerprint density at radius 3 is 2.84 bits per heavy atom. The van der Waals surface area contributed by atoms with E-state index in [0.717, 1.165) is 37.2 Å². The lowest BCUT2D eigenvalue weighted by molar-refractivity contribution is 0.102. The Bertz CT molecular complexity index is 649. The van der Waals surface area contributed by atoms with Crippen molar-refractivity contribution in [1.29, 1.82) is 0 Å². The average molecular weight is 262 g/mol. The third kappa shape index (κ3) is 2.12. The van der Waals surface area contributed by atoms with Crippen LogP contribution in [0.2, 0.25) is 0 Å². The van der Waals surface area contributed by atoms with Crippen molar-refractivity contribution in [3.8, 4) is 0 Å². The van der Waals surface area contributed by atoms with Gasteiger partial charge in [-0.25, -0.2) is 8.78 Å². The fourth-order valence-electron chi connectivity index (χ4n) is 2.39. The highest BCUT2D eigenvalue weighted by Crippen LogP contribution is 2.22. The Balaban J connectivity index is 1.83. The number of hydrogen-bond acceptors (Lipinski definition) is 1. The van der Waals surface area contributed by atoms with Crippen molar-refractivity contribution in [2.45, 2.75) is 19.4 Å². The fourth-order valence-corrected chi connectivity index (χ4v) is 2.39. The number of nitrogens with one attached hydrogen (secondary N) is 1.